The molecule has 190 valence electrons. The molecule has 0 aromatic heterocycles. The van der Waals surface area contributed by atoms with E-state index in [-0.39, 0.29) is 34.5 Å². The summed E-state index contributed by atoms with van der Waals surface area (Å²) >= 11 is 3.20. The Bertz CT molecular complexity index is 1140. The van der Waals surface area contributed by atoms with Crippen LogP contribution in [-0.4, -0.2) is 17.0 Å². The maximum absolute atomic E-state index is 13.4. The number of rotatable bonds is 2. The third kappa shape index (κ3) is 4.70. The summed E-state index contributed by atoms with van der Waals surface area (Å²) in [7, 11) is 0. The summed E-state index contributed by atoms with van der Waals surface area (Å²) < 4.78 is 125. The highest BCUT2D eigenvalue weighted by molar-refractivity contribution is 9.10. The zero-order valence-electron chi connectivity index (χ0n) is 17.6. The highest BCUT2D eigenvalue weighted by atomic mass is 79.9. The Labute approximate surface area is 201 Å². The van der Waals surface area contributed by atoms with Gasteiger partial charge < -0.3 is 4.74 Å². The molecule has 2 heterocycles. The van der Waals surface area contributed by atoms with Crippen LogP contribution in [0.2, 0.25) is 0 Å². The third-order valence-corrected chi connectivity index (χ3v) is 6.85. The highest BCUT2D eigenvalue weighted by Crippen LogP contribution is 2.50. The van der Waals surface area contributed by atoms with E-state index in [1.165, 1.54) is 13.0 Å². The number of amides is 1. The smallest absolute Gasteiger partial charge is 0.416 e. The number of alkyl halides is 9. The number of benzene rings is 2. The van der Waals surface area contributed by atoms with Crippen molar-refractivity contribution in [3.05, 3.63) is 68.2 Å². The van der Waals surface area contributed by atoms with Crippen LogP contribution in [0.3, 0.4) is 0 Å². The van der Waals surface area contributed by atoms with Gasteiger partial charge in [0.15, 0.2) is 0 Å². The van der Waals surface area contributed by atoms with E-state index in [0.717, 1.165) is 11.0 Å². The van der Waals surface area contributed by atoms with Gasteiger partial charge in [-0.15, -0.1) is 0 Å². The van der Waals surface area contributed by atoms with Gasteiger partial charge in [0.25, 0.3) is 0 Å². The van der Waals surface area contributed by atoms with E-state index >= 15 is 0 Å². The van der Waals surface area contributed by atoms with E-state index < -0.39 is 65.1 Å². The molecular formula is C22H15BrF9NO2. The summed E-state index contributed by atoms with van der Waals surface area (Å²) in [5.74, 6) is 0. The molecule has 3 atom stereocenters. The molecule has 13 heteroatoms. The fraction of sp³-hybridized carbons (Fsp3) is 0.409. The number of nitrogens with zero attached hydrogens (tertiary/aromatic N) is 1. The minimum atomic E-state index is -5.09. The van der Waals surface area contributed by atoms with Gasteiger partial charge in [0.1, 0.15) is 6.10 Å². The standard InChI is InChI=1S/C22H15BrF9NO2/c1-9-4-15(23)13(8-14(9)22(30,31)32)16-2-3-17-18(35-19(34)33(16)17)10-5-11(20(24,25)26)7-12(6-10)21(27,28)29/h4-8,16-18H,2-3H2,1H3. The molecule has 0 bridgehead atoms. The van der Waals surface area contributed by atoms with Crippen LogP contribution in [0.5, 0.6) is 0 Å². The van der Waals surface area contributed by atoms with E-state index in [2.05, 4.69) is 15.9 Å². The maximum Gasteiger partial charge on any atom is 0.416 e. The van der Waals surface area contributed by atoms with Crippen LogP contribution < -0.4 is 0 Å². The second-order valence-electron chi connectivity index (χ2n) is 8.40. The molecule has 4 rings (SSSR count). The molecule has 0 N–H and O–H groups in total. The van der Waals surface area contributed by atoms with Crippen molar-refractivity contribution < 1.29 is 49.0 Å². The lowest BCUT2D eigenvalue weighted by atomic mass is 9.96. The molecule has 35 heavy (non-hydrogen) atoms. The number of aryl methyl sites for hydroxylation is 1. The lowest BCUT2D eigenvalue weighted by molar-refractivity contribution is -0.143. The Morgan fingerprint density at radius 3 is 1.94 bits per heavy atom. The summed E-state index contributed by atoms with van der Waals surface area (Å²) in [6, 6.07) is 1.21. The van der Waals surface area contributed by atoms with Crippen LogP contribution in [-0.2, 0) is 23.3 Å². The summed E-state index contributed by atoms with van der Waals surface area (Å²) in [5, 5.41) is 0. The molecule has 2 fully saturated rings. The monoisotopic (exact) mass is 575 g/mol. The van der Waals surface area contributed by atoms with Gasteiger partial charge in [-0.3, -0.25) is 4.90 Å². The van der Waals surface area contributed by atoms with E-state index in [1.54, 1.807) is 0 Å². The number of halogens is 10. The molecule has 3 unspecified atom stereocenters. The topological polar surface area (TPSA) is 29.5 Å². The Morgan fingerprint density at radius 2 is 1.43 bits per heavy atom. The predicted molar refractivity (Wildman–Crippen MR) is 107 cm³/mol. The van der Waals surface area contributed by atoms with Gasteiger partial charge in [0, 0.05) is 4.47 Å². The number of hydrogen-bond donors (Lipinski definition) is 0. The maximum atomic E-state index is 13.4. The Hall–Kier alpha value is -2.44. The average molecular weight is 576 g/mol. The van der Waals surface area contributed by atoms with Crippen LogP contribution in [0.1, 0.15) is 58.4 Å². The van der Waals surface area contributed by atoms with E-state index in [0.29, 0.717) is 12.1 Å². The number of cyclic esters (lactones) is 1. The van der Waals surface area contributed by atoms with Gasteiger partial charge >= 0.3 is 24.6 Å². The first-order chi connectivity index (χ1) is 16.0. The zero-order chi connectivity index (χ0) is 26.1. The second kappa shape index (κ2) is 8.31. The van der Waals surface area contributed by atoms with E-state index in [4.69, 9.17) is 4.74 Å². The molecule has 2 aliphatic rings. The van der Waals surface area contributed by atoms with Gasteiger partial charge in [-0.05, 0) is 66.8 Å². The lowest BCUT2D eigenvalue weighted by Crippen LogP contribution is -2.31. The number of fused-ring (bicyclic) bond motifs is 1. The molecular weight excluding hydrogens is 561 g/mol. The van der Waals surface area contributed by atoms with Crippen molar-refractivity contribution in [1.29, 1.82) is 0 Å². The fourth-order valence-electron chi connectivity index (χ4n) is 4.63. The summed E-state index contributed by atoms with van der Waals surface area (Å²) in [6.45, 7) is 1.26. The molecule has 0 radical (unpaired) electrons. The lowest BCUT2D eigenvalue weighted by Gasteiger charge is -2.25. The van der Waals surface area contributed by atoms with Gasteiger partial charge in [0.2, 0.25) is 0 Å². The zero-order valence-corrected chi connectivity index (χ0v) is 19.2. The number of ether oxygens (including phenoxy) is 1. The first-order valence-corrected chi connectivity index (χ1v) is 10.9. The van der Waals surface area contributed by atoms with Gasteiger partial charge in [-0.2, -0.15) is 39.5 Å². The van der Waals surface area contributed by atoms with Crippen LogP contribution in [0.4, 0.5) is 44.3 Å². The van der Waals surface area contributed by atoms with Crippen molar-refractivity contribution in [3.63, 3.8) is 0 Å². The number of carbonyl (C=O) groups is 1. The molecule has 2 aromatic rings. The number of hydrogen-bond acceptors (Lipinski definition) is 2. The first kappa shape index (κ1) is 25.6. The van der Waals surface area contributed by atoms with Crippen molar-refractivity contribution in [1.82, 2.24) is 4.90 Å². The summed E-state index contributed by atoms with van der Waals surface area (Å²) in [6.07, 6.45) is -17.1. The molecule has 0 spiro atoms. The largest absolute Gasteiger partial charge is 0.439 e. The normalized spacial score (nSPS) is 23.0. The summed E-state index contributed by atoms with van der Waals surface area (Å²) in [5.41, 5.74) is -4.47. The van der Waals surface area contributed by atoms with Crippen molar-refractivity contribution in [2.45, 2.75) is 56.5 Å². The molecule has 3 nitrogen and oxygen atoms in total. The van der Waals surface area contributed by atoms with Crippen LogP contribution in [0.15, 0.2) is 34.8 Å². The quantitative estimate of drug-likeness (QED) is 0.338. The molecule has 2 aromatic carbocycles. The average Bonchev–Trinajstić information content (AvgIpc) is 3.27. The summed E-state index contributed by atoms with van der Waals surface area (Å²) in [4.78, 5) is 13.8. The minimum absolute atomic E-state index is 0.0302. The van der Waals surface area contributed by atoms with E-state index in [1.807, 2.05) is 0 Å². The Balaban J connectivity index is 1.74. The molecule has 2 aliphatic heterocycles. The second-order valence-corrected chi connectivity index (χ2v) is 9.25. The minimum Gasteiger partial charge on any atom is -0.439 e. The molecule has 0 aliphatic carbocycles. The van der Waals surface area contributed by atoms with Crippen molar-refractivity contribution in [2.75, 3.05) is 0 Å². The van der Waals surface area contributed by atoms with Crippen molar-refractivity contribution >= 4 is 22.0 Å². The number of carbonyl (C=O) groups excluding carboxylic acids is 1. The first-order valence-electron chi connectivity index (χ1n) is 10.1. The molecule has 2 saturated heterocycles. The Kier molecular flexibility index (Phi) is 6.09. The van der Waals surface area contributed by atoms with Crippen LogP contribution >= 0.6 is 15.9 Å². The molecule has 0 saturated carbocycles. The highest BCUT2D eigenvalue weighted by Gasteiger charge is 2.52. The van der Waals surface area contributed by atoms with E-state index in [9.17, 15) is 44.3 Å². The third-order valence-electron chi connectivity index (χ3n) is 6.16. The van der Waals surface area contributed by atoms with Crippen LogP contribution in [0, 0.1) is 6.92 Å². The van der Waals surface area contributed by atoms with Crippen molar-refractivity contribution in [2.24, 2.45) is 0 Å². The Morgan fingerprint density at radius 1 is 0.857 bits per heavy atom. The van der Waals surface area contributed by atoms with Gasteiger partial charge in [-0.1, -0.05) is 15.9 Å². The fourth-order valence-corrected chi connectivity index (χ4v) is 5.36. The SMILES string of the molecule is Cc1cc(Br)c(C2CCC3C(c4cc(C(F)(F)F)cc(C(F)(F)F)c4)OC(=O)N23)cc1C(F)(F)F. The molecule has 1 amide bonds. The van der Waals surface area contributed by atoms with Gasteiger partial charge in [0.05, 0.1) is 28.8 Å². The predicted octanol–water partition coefficient (Wildman–Crippen LogP) is 8.21. The van der Waals surface area contributed by atoms with Gasteiger partial charge in [-0.25, -0.2) is 4.79 Å². The van der Waals surface area contributed by atoms with Crippen LogP contribution in [0.25, 0.3) is 0 Å². The van der Waals surface area contributed by atoms with Crippen molar-refractivity contribution in [3.8, 4) is 0 Å².